The summed E-state index contributed by atoms with van der Waals surface area (Å²) in [6.45, 7) is 5.39. The molecule has 2 aromatic rings. The SMILES string of the molecule is Cc1nn(C)c(C)c1CCC(=O)N1CCC(NC(=O)Nc2ccccc2)CC1. The van der Waals surface area contributed by atoms with Crippen LogP contribution in [0, 0.1) is 13.8 Å². The van der Waals surface area contributed by atoms with Crippen molar-refractivity contribution in [2.24, 2.45) is 7.05 Å². The minimum atomic E-state index is -0.196. The smallest absolute Gasteiger partial charge is 0.319 e. The lowest BCUT2D eigenvalue weighted by atomic mass is 10.0. The third-order valence-corrected chi connectivity index (χ3v) is 5.46. The van der Waals surface area contributed by atoms with Gasteiger partial charge in [-0.15, -0.1) is 0 Å². The Kier molecular flexibility index (Phi) is 6.34. The van der Waals surface area contributed by atoms with Gasteiger partial charge in [-0.05, 0) is 50.8 Å². The highest BCUT2D eigenvalue weighted by atomic mass is 16.2. The number of carbonyl (C=O) groups is 2. The number of para-hydroxylation sites is 1. The number of anilines is 1. The first kappa shape index (κ1) is 19.9. The molecule has 0 radical (unpaired) electrons. The largest absolute Gasteiger partial charge is 0.343 e. The average Bonchev–Trinajstić information content (AvgIpc) is 2.92. The third kappa shape index (κ3) is 4.91. The Morgan fingerprint density at radius 3 is 2.43 bits per heavy atom. The number of amides is 3. The second-order valence-electron chi connectivity index (χ2n) is 7.39. The molecule has 1 aromatic carbocycles. The zero-order valence-electron chi connectivity index (χ0n) is 16.9. The quantitative estimate of drug-likeness (QED) is 0.833. The predicted molar refractivity (Wildman–Crippen MR) is 109 cm³/mol. The van der Waals surface area contributed by atoms with Crippen LogP contribution < -0.4 is 10.6 Å². The van der Waals surface area contributed by atoms with Gasteiger partial charge in [-0.25, -0.2) is 4.79 Å². The monoisotopic (exact) mass is 383 g/mol. The van der Waals surface area contributed by atoms with Crippen LogP contribution in [0.25, 0.3) is 0 Å². The van der Waals surface area contributed by atoms with Crippen LogP contribution in [0.3, 0.4) is 0 Å². The van der Waals surface area contributed by atoms with Gasteiger partial charge in [-0.2, -0.15) is 5.10 Å². The summed E-state index contributed by atoms with van der Waals surface area (Å²) in [5.74, 6) is 0.176. The molecule has 0 atom stereocenters. The van der Waals surface area contributed by atoms with E-state index in [0.29, 0.717) is 19.5 Å². The summed E-state index contributed by atoms with van der Waals surface area (Å²) >= 11 is 0. The van der Waals surface area contributed by atoms with E-state index in [4.69, 9.17) is 0 Å². The zero-order valence-corrected chi connectivity index (χ0v) is 16.9. The molecule has 150 valence electrons. The summed E-state index contributed by atoms with van der Waals surface area (Å²) in [4.78, 5) is 26.6. The van der Waals surface area contributed by atoms with Crippen LogP contribution in [-0.2, 0) is 18.3 Å². The van der Waals surface area contributed by atoms with Crippen LogP contribution in [0.15, 0.2) is 30.3 Å². The number of aromatic nitrogens is 2. The maximum Gasteiger partial charge on any atom is 0.319 e. The average molecular weight is 383 g/mol. The number of hydrogen-bond acceptors (Lipinski definition) is 3. The fourth-order valence-corrected chi connectivity index (χ4v) is 3.72. The molecule has 7 nitrogen and oxygen atoms in total. The van der Waals surface area contributed by atoms with Crippen LogP contribution in [0.4, 0.5) is 10.5 Å². The predicted octanol–water partition coefficient (Wildman–Crippen LogP) is 2.78. The molecule has 0 aliphatic carbocycles. The molecular weight excluding hydrogens is 354 g/mol. The van der Waals surface area contributed by atoms with Crippen molar-refractivity contribution in [3.63, 3.8) is 0 Å². The van der Waals surface area contributed by atoms with Gasteiger partial charge in [0.1, 0.15) is 0 Å². The van der Waals surface area contributed by atoms with Crippen molar-refractivity contribution < 1.29 is 9.59 Å². The van der Waals surface area contributed by atoms with Gasteiger partial charge in [0.2, 0.25) is 5.91 Å². The summed E-state index contributed by atoms with van der Waals surface area (Å²) in [5.41, 5.74) is 4.07. The summed E-state index contributed by atoms with van der Waals surface area (Å²) in [6.07, 6.45) is 2.78. The number of benzene rings is 1. The van der Waals surface area contributed by atoms with E-state index in [1.165, 1.54) is 5.56 Å². The Hall–Kier alpha value is -2.83. The standard InChI is InChI=1S/C21H29N5O2/c1-15-19(16(2)25(3)24-15)9-10-20(27)26-13-11-18(12-14-26)23-21(28)22-17-7-5-4-6-8-17/h4-8,18H,9-14H2,1-3H3,(H2,22,23,28). The van der Waals surface area contributed by atoms with Gasteiger partial charge in [-0.3, -0.25) is 9.48 Å². The van der Waals surface area contributed by atoms with Gasteiger partial charge >= 0.3 is 6.03 Å². The number of nitrogens with one attached hydrogen (secondary N) is 2. The summed E-state index contributed by atoms with van der Waals surface area (Å²) in [5, 5.41) is 10.3. The summed E-state index contributed by atoms with van der Waals surface area (Å²) in [7, 11) is 1.93. The number of nitrogens with zero attached hydrogens (tertiary/aromatic N) is 3. The summed E-state index contributed by atoms with van der Waals surface area (Å²) in [6, 6.07) is 9.28. The zero-order chi connectivity index (χ0) is 20.1. The van der Waals surface area contributed by atoms with E-state index in [1.54, 1.807) is 0 Å². The first-order valence-electron chi connectivity index (χ1n) is 9.83. The minimum absolute atomic E-state index is 0.0931. The number of aryl methyl sites for hydroxylation is 2. The van der Waals surface area contributed by atoms with E-state index in [2.05, 4.69) is 15.7 Å². The van der Waals surface area contributed by atoms with E-state index in [9.17, 15) is 9.59 Å². The van der Waals surface area contributed by atoms with Crippen molar-refractivity contribution >= 4 is 17.6 Å². The first-order valence-corrected chi connectivity index (χ1v) is 9.83. The van der Waals surface area contributed by atoms with Gasteiger partial charge in [0.05, 0.1) is 5.69 Å². The molecule has 2 N–H and O–H groups in total. The van der Waals surface area contributed by atoms with Gasteiger partial charge in [0, 0.05) is 44.0 Å². The van der Waals surface area contributed by atoms with Crippen molar-refractivity contribution in [1.82, 2.24) is 20.0 Å². The van der Waals surface area contributed by atoms with Crippen LogP contribution in [0.5, 0.6) is 0 Å². The molecule has 0 spiro atoms. The highest BCUT2D eigenvalue weighted by Crippen LogP contribution is 2.17. The van der Waals surface area contributed by atoms with Gasteiger partial charge < -0.3 is 15.5 Å². The Morgan fingerprint density at radius 2 is 1.82 bits per heavy atom. The highest BCUT2D eigenvalue weighted by Gasteiger charge is 2.24. The molecule has 7 heteroatoms. The van der Waals surface area contributed by atoms with Gasteiger partial charge in [0.15, 0.2) is 0 Å². The van der Waals surface area contributed by atoms with Crippen LogP contribution in [0.1, 0.15) is 36.2 Å². The fraction of sp³-hybridized carbons (Fsp3) is 0.476. The molecule has 1 aliphatic heterocycles. The molecule has 28 heavy (non-hydrogen) atoms. The summed E-state index contributed by atoms with van der Waals surface area (Å²) < 4.78 is 1.87. The Morgan fingerprint density at radius 1 is 1.14 bits per heavy atom. The number of carbonyl (C=O) groups excluding carboxylic acids is 2. The van der Waals surface area contributed by atoms with Crippen molar-refractivity contribution in [2.45, 2.75) is 45.6 Å². The molecule has 3 rings (SSSR count). The lowest BCUT2D eigenvalue weighted by molar-refractivity contribution is -0.132. The third-order valence-electron chi connectivity index (χ3n) is 5.46. The van der Waals surface area contributed by atoms with Crippen LogP contribution in [0.2, 0.25) is 0 Å². The lowest BCUT2D eigenvalue weighted by Crippen LogP contribution is -2.47. The van der Waals surface area contributed by atoms with Crippen molar-refractivity contribution in [3.05, 3.63) is 47.3 Å². The van der Waals surface area contributed by atoms with Gasteiger partial charge in [0.25, 0.3) is 0 Å². The van der Waals surface area contributed by atoms with Gasteiger partial charge in [-0.1, -0.05) is 18.2 Å². The Balaban J connectivity index is 1.42. The number of hydrogen-bond donors (Lipinski definition) is 2. The molecule has 3 amide bonds. The molecule has 1 aromatic heterocycles. The molecule has 1 saturated heterocycles. The lowest BCUT2D eigenvalue weighted by Gasteiger charge is -2.32. The Labute approximate surface area is 166 Å². The van der Waals surface area contributed by atoms with E-state index < -0.39 is 0 Å². The second-order valence-corrected chi connectivity index (χ2v) is 7.39. The molecule has 1 aliphatic rings. The van der Waals surface area contributed by atoms with Crippen molar-refractivity contribution in [3.8, 4) is 0 Å². The van der Waals surface area contributed by atoms with Crippen LogP contribution in [-0.4, -0.2) is 45.8 Å². The minimum Gasteiger partial charge on any atom is -0.343 e. The molecule has 0 unspecified atom stereocenters. The maximum atomic E-state index is 12.6. The highest BCUT2D eigenvalue weighted by molar-refractivity contribution is 5.89. The number of rotatable bonds is 5. The number of piperidine rings is 1. The topological polar surface area (TPSA) is 79.3 Å². The second kappa shape index (κ2) is 8.91. The number of urea groups is 1. The molecule has 0 saturated carbocycles. The van der Waals surface area contributed by atoms with E-state index >= 15 is 0 Å². The van der Waals surface area contributed by atoms with E-state index in [-0.39, 0.29) is 18.0 Å². The maximum absolute atomic E-state index is 12.6. The number of likely N-dealkylation sites (tertiary alicyclic amines) is 1. The van der Waals surface area contributed by atoms with Crippen molar-refractivity contribution in [2.75, 3.05) is 18.4 Å². The Bertz CT molecular complexity index is 823. The molecule has 1 fully saturated rings. The fourth-order valence-electron chi connectivity index (χ4n) is 3.72. The molecular formula is C21H29N5O2. The van der Waals surface area contributed by atoms with E-state index in [0.717, 1.165) is 36.3 Å². The molecule has 2 heterocycles. The van der Waals surface area contributed by atoms with Crippen molar-refractivity contribution in [1.29, 1.82) is 0 Å². The normalized spacial score (nSPS) is 14.8. The van der Waals surface area contributed by atoms with E-state index in [1.807, 2.05) is 60.8 Å². The van der Waals surface area contributed by atoms with Crippen LogP contribution >= 0.6 is 0 Å². The molecule has 0 bridgehead atoms. The first-order chi connectivity index (χ1) is 13.4.